The molecule has 0 saturated carbocycles. The van der Waals surface area contributed by atoms with Crippen LogP contribution in [0.25, 0.3) is 0 Å². The number of hydrogen-bond acceptors (Lipinski definition) is 3. The van der Waals surface area contributed by atoms with Gasteiger partial charge in [0.1, 0.15) is 5.82 Å². The van der Waals surface area contributed by atoms with Gasteiger partial charge < -0.3 is 5.73 Å². The van der Waals surface area contributed by atoms with Crippen LogP contribution in [0.5, 0.6) is 0 Å². The van der Waals surface area contributed by atoms with Crippen LogP contribution in [0.2, 0.25) is 0 Å². The van der Waals surface area contributed by atoms with E-state index in [9.17, 15) is 8.60 Å². The molecule has 1 unspecified atom stereocenters. The number of nitrogens with two attached hydrogens (primary N) is 1. The van der Waals surface area contributed by atoms with Crippen molar-refractivity contribution in [1.29, 1.82) is 5.26 Å². The fourth-order valence-corrected chi connectivity index (χ4v) is 2.13. The summed E-state index contributed by atoms with van der Waals surface area (Å²) in [6.07, 6.45) is 0. The van der Waals surface area contributed by atoms with Crippen molar-refractivity contribution in [3.05, 3.63) is 35.1 Å². The lowest BCUT2D eigenvalue weighted by Gasteiger charge is -2.02. The van der Waals surface area contributed by atoms with Crippen LogP contribution in [0.4, 0.5) is 4.39 Å². The molecule has 0 aliphatic rings. The molecule has 0 radical (unpaired) electrons. The first-order valence-corrected chi connectivity index (χ1v) is 5.89. The third kappa shape index (κ3) is 3.78. The summed E-state index contributed by atoms with van der Waals surface area (Å²) < 4.78 is 24.3. The molecule has 0 fully saturated rings. The Bertz CT molecular complexity index is 414. The van der Waals surface area contributed by atoms with Gasteiger partial charge >= 0.3 is 0 Å². The quantitative estimate of drug-likeness (QED) is 0.829. The topological polar surface area (TPSA) is 66.9 Å². The normalized spacial score (nSPS) is 12.1. The van der Waals surface area contributed by atoms with Crippen molar-refractivity contribution in [2.45, 2.75) is 5.75 Å². The molecule has 1 aromatic carbocycles. The average molecular weight is 226 g/mol. The lowest BCUT2D eigenvalue weighted by Crippen LogP contribution is -2.11. The van der Waals surface area contributed by atoms with Gasteiger partial charge in [-0.25, -0.2) is 4.39 Å². The molecular weight excluding hydrogens is 215 g/mol. The van der Waals surface area contributed by atoms with Gasteiger partial charge in [0.15, 0.2) is 0 Å². The van der Waals surface area contributed by atoms with E-state index in [4.69, 9.17) is 11.0 Å². The molecule has 1 rings (SSSR count). The van der Waals surface area contributed by atoms with Crippen LogP contribution in [0, 0.1) is 17.1 Å². The minimum atomic E-state index is -1.09. The first-order chi connectivity index (χ1) is 7.15. The number of nitrogens with zero attached hydrogens (tertiary/aromatic N) is 1. The molecule has 1 atom stereocenters. The number of halogens is 1. The average Bonchev–Trinajstić information content (AvgIpc) is 2.17. The van der Waals surface area contributed by atoms with Crippen molar-refractivity contribution >= 4 is 10.8 Å². The summed E-state index contributed by atoms with van der Waals surface area (Å²) in [7, 11) is -1.09. The van der Waals surface area contributed by atoms with Crippen molar-refractivity contribution in [3.8, 4) is 6.07 Å². The van der Waals surface area contributed by atoms with Crippen molar-refractivity contribution < 1.29 is 8.60 Å². The van der Waals surface area contributed by atoms with Crippen molar-refractivity contribution in [1.82, 2.24) is 0 Å². The Kier molecular flexibility index (Phi) is 4.40. The summed E-state index contributed by atoms with van der Waals surface area (Å²) in [5.74, 6) is 0.149. The number of hydrogen-bond donors (Lipinski definition) is 1. The van der Waals surface area contributed by atoms with Gasteiger partial charge in [0.2, 0.25) is 0 Å². The minimum absolute atomic E-state index is 0.240. The summed E-state index contributed by atoms with van der Waals surface area (Å²) >= 11 is 0. The lowest BCUT2D eigenvalue weighted by atomic mass is 10.1. The Hall–Kier alpha value is -1.25. The Labute approximate surface area is 90.2 Å². The summed E-state index contributed by atoms with van der Waals surface area (Å²) in [6.45, 7) is 0.340. The van der Waals surface area contributed by atoms with E-state index in [1.807, 2.05) is 6.07 Å². The third-order valence-electron chi connectivity index (χ3n) is 1.76. The monoisotopic (exact) mass is 226 g/mol. The zero-order chi connectivity index (χ0) is 11.3. The van der Waals surface area contributed by atoms with Gasteiger partial charge in [0, 0.05) is 28.9 Å². The fourth-order valence-electron chi connectivity index (χ4n) is 1.19. The molecule has 0 bridgehead atoms. The zero-order valence-corrected chi connectivity index (χ0v) is 8.89. The molecule has 0 aliphatic heterocycles. The standard InChI is InChI=1S/C10H11FN2OS/c11-10-4-8(6-13)3-9(5-10)7-15(14)2-1-12/h3-5H,1-2,7,12H2. The summed E-state index contributed by atoms with van der Waals surface area (Å²) in [5, 5.41) is 8.61. The summed E-state index contributed by atoms with van der Waals surface area (Å²) in [5.41, 5.74) is 6.06. The largest absolute Gasteiger partial charge is 0.330 e. The van der Waals surface area contributed by atoms with Crippen LogP contribution in [0.3, 0.4) is 0 Å². The van der Waals surface area contributed by atoms with E-state index in [1.54, 1.807) is 0 Å². The van der Waals surface area contributed by atoms with Gasteiger partial charge in [-0.05, 0) is 23.8 Å². The Morgan fingerprint density at radius 2 is 2.20 bits per heavy atom. The van der Waals surface area contributed by atoms with Gasteiger partial charge in [0.05, 0.1) is 11.6 Å². The SMILES string of the molecule is N#Cc1cc(F)cc(CS(=O)CCN)c1. The second-order valence-electron chi connectivity index (χ2n) is 3.04. The van der Waals surface area contributed by atoms with Gasteiger partial charge in [-0.3, -0.25) is 4.21 Å². The predicted octanol–water partition coefficient (Wildman–Crippen LogP) is 0.905. The summed E-state index contributed by atoms with van der Waals surface area (Å²) in [4.78, 5) is 0. The molecule has 2 N–H and O–H groups in total. The van der Waals surface area contributed by atoms with E-state index < -0.39 is 16.6 Å². The van der Waals surface area contributed by atoms with E-state index in [0.29, 0.717) is 17.9 Å². The molecule has 0 spiro atoms. The van der Waals surface area contributed by atoms with Gasteiger partial charge in [-0.2, -0.15) is 5.26 Å². The van der Waals surface area contributed by atoms with Crippen LogP contribution in [-0.2, 0) is 16.6 Å². The highest BCUT2D eigenvalue weighted by Gasteiger charge is 2.04. The van der Waals surface area contributed by atoms with Crippen LogP contribution in [-0.4, -0.2) is 16.5 Å². The maximum absolute atomic E-state index is 13.0. The highest BCUT2D eigenvalue weighted by molar-refractivity contribution is 7.84. The van der Waals surface area contributed by atoms with Crippen molar-refractivity contribution in [3.63, 3.8) is 0 Å². The number of rotatable bonds is 4. The first-order valence-electron chi connectivity index (χ1n) is 4.40. The molecule has 15 heavy (non-hydrogen) atoms. The van der Waals surface area contributed by atoms with E-state index in [2.05, 4.69) is 0 Å². The molecular formula is C10H11FN2OS. The third-order valence-corrected chi connectivity index (χ3v) is 3.11. The van der Waals surface area contributed by atoms with Gasteiger partial charge in [0.25, 0.3) is 0 Å². The Balaban J connectivity index is 2.82. The van der Waals surface area contributed by atoms with Gasteiger partial charge in [-0.1, -0.05) is 0 Å². The number of benzene rings is 1. The summed E-state index contributed by atoms with van der Waals surface area (Å²) in [6, 6.07) is 5.82. The molecule has 0 saturated heterocycles. The van der Waals surface area contributed by atoms with Crippen molar-refractivity contribution in [2.75, 3.05) is 12.3 Å². The number of nitriles is 1. The smallest absolute Gasteiger partial charge is 0.124 e. The molecule has 0 aliphatic carbocycles. The van der Waals surface area contributed by atoms with Gasteiger partial charge in [-0.15, -0.1) is 0 Å². The highest BCUT2D eigenvalue weighted by atomic mass is 32.2. The Morgan fingerprint density at radius 1 is 1.47 bits per heavy atom. The minimum Gasteiger partial charge on any atom is -0.330 e. The Morgan fingerprint density at radius 3 is 2.80 bits per heavy atom. The van der Waals surface area contributed by atoms with E-state index in [-0.39, 0.29) is 11.3 Å². The fraction of sp³-hybridized carbons (Fsp3) is 0.300. The van der Waals surface area contributed by atoms with E-state index >= 15 is 0 Å². The molecule has 5 heteroatoms. The highest BCUT2D eigenvalue weighted by Crippen LogP contribution is 2.10. The first kappa shape index (κ1) is 11.8. The predicted molar refractivity (Wildman–Crippen MR) is 56.9 cm³/mol. The van der Waals surface area contributed by atoms with E-state index in [1.165, 1.54) is 12.1 Å². The molecule has 0 heterocycles. The maximum atomic E-state index is 13.0. The van der Waals surface area contributed by atoms with Crippen LogP contribution in [0.15, 0.2) is 18.2 Å². The lowest BCUT2D eigenvalue weighted by molar-refractivity contribution is 0.625. The molecule has 3 nitrogen and oxygen atoms in total. The van der Waals surface area contributed by atoms with E-state index in [0.717, 1.165) is 6.07 Å². The van der Waals surface area contributed by atoms with Crippen LogP contribution >= 0.6 is 0 Å². The van der Waals surface area contributed by atoms with Crippen LogP contribution < -0.4 is 5.73 Å². The zero-order valence-electron chi connectivity index (χ0n) is 8.07. The molecule has 0 amide bonds. The molecule has 1 aromatic rings. The maximum Gasteiger partial charge on any atom is 0.124 e. The molecule has 0 aromatic heterocycles. The van der Waals surface area contributed by atoms with Crippen LogP contribution in [0.1, 0.15) is 11.1 Å². The second kappa shape index (κ2) is 5.59. The molecule has 80 valence electrons. The second-order valence-corrected chi connectivity index (χ2v) is 4.61. The van der Waals surface area contributed by atoms with Crippen molar-refractivity contribution in [2.24, 2.45) is 5.73 Å².